The van der Waals surface area contributed by atoms with Crippen molar-refractivity contribution in [3.8, 4) is 17.6 Å². The topological polar surface area (TPSA) is 66.8 Å². The van der Waals surface area contributed by atoms with Crippen LogP contribution in [0.15, 0.2) is 24.3 Å². The van der Waals surface area contributed by atoms with Crippen LogP contribution in [0.5, 0.6) is 5.75 Å². The molecule has 0 bridgehead atoms. The Morgan fingerprint density at radius 3 is 2.41 bits per heavy atom. The molecule has 1 aromatic carbocycles. The molecule has 0 fully saturated rings. The van der Waals surface area contributed by atoms with Gasteiger partial charge in [0.1, 0.15) is 12.4 Å². The molecule has 0 spiro atoms. The van der Waals surface area contributed by atoms with Gasteiger partial charge in [0.05, 0.1) is 0 Å². The summed E-state index contributed by atoms with van der Waals surface area (Å²) in [6.45, 7) is 2.77. The molecule has 0 amide bonds. The van der Waals surface area contributed by atoms with Crippen molar-refractivity contribution >= 4 is 5.97 Å². The molecule has 0 saturated heterocycles. The molecule has 0 heterocycles. The Bertz CT molecular complexity index is 449. The average Bonchev–Trinajstić information content (AvgIpc) is 2.27. The Hall–Kier alpha value is -1.99. The second-order valence-corrected chi connectivity index (χ2v) is 3.90. The van der Waals surface area contributed by atoms with Crippen LogP contribution in [0, 0.1) is 11.8 Å². The second-order valence-electron chi connectivity index (χ2n) is 3.90. The van der Waals surface area contributed by atoms with Crippen molar-refractivity contribution in [2.24, 2.45) is 0 Å². The summed E-state index contributed by atoms with van der Waals surface area (Å²) in [5.41, 5.74) is -0.530. The number of ether oxygens (including phenoxy) is 1. The first-order valence-electron chi connectivity index (χ1n) is 5.08. The van der Waals surface area contributed by atoms with Gasteiger partial charge < -0.3 is 14.9 Å². The Balaban J connectivity index is 2.79. The molecular weight excluding hydrogens is 220 g/mol. The molecule has 1 rings (SSSR count). The molecule has 0 aliphatic rings. The van der Waals surface area contributed by atoms with E-state index in [1.165, 1.54) is 13.8 Å². The van der Waals surface area contributed by atoms with Gasteiger partial charge in [-0.15, -0.1) is 0 Å². The average molecular weight is 234 g/mol. The highest BCUT2D eigenvalue weighted by Gasteiger charge is 2.29. The van der Waals surface area contributed by atoms with E-state index in [-0.39, 0.29) is 6.61 Å². The summed E-state index contributed by atoms with van der Waals surface area (Å²) >= 11 is 0. The van der Waals surface area contributed by atoms with E-state index in [1.807, 2.05) is 0 Å². The highest BCUT2D eigenvalue weighted by Crippen LogP contribution is 2.18. The standard InChI is InChI=1S/C13H14O4/c1-13(2,12(15)16)17-11-7-5-10(6-8-11)4-3-9-14/h5-8,14H,9H2,1-2H3,(H,15,16). The van der Waals surface area contributed by atoms with E-state index in [9.17, 15) is 4.79 Å². The minimum absolute atomic E-state index is 0.190. The third-order valence-electron chi connectivity index (χ3n) is 2.05. The highest BCUT2D eigenvalue weighted by molar-refractivity contribution is 5.76. The van der Waals surface area contributed by atoms with Gasteiger partial charge in [-0.3, -0.25) is 0 Å². The quantitative estimate of drug-likeness (QED) is 0.773. The van der Waals surface area contributed by atoms with E-state index in [2.05, 4.69) is 11.8 Å². The number of hydrogen-bond donors (Lipinski definition) is 2. The molecular formula is C13H14O4. The van der Waals surface area contributed by atoms with E-state index in [0.29, 0.717) is 5.75 Å². The van der Waals surface area contributed by atoms with Gasteiger partial charge in [0.15, 0.2) is 5.60 Å². The number of aliphatic hydroxyl groups excluding tert-OH is 1. The van der Waals surface area contributed by atoms with Gasteiger partial charge in [0.2, 0.25) is 0 Å². The molecule has 0 aliphatic heterocycles. The summed E-state index contributed by atoms with van der Waals surface area (Å²) in [4.78, 5) is 10.9. The molecule has 0 aliphatic carbocycles. The van der Waals surface area contributed by atoms with E-state index < -0.39 is 11.6 Å². The van der Waals surface area contributed by atoms with Crippen LogP contribution in [-0.4, -0.2) is 28.4 Å². The first kappa shape index (κ1) is 13.1. The number of carbonyl (C=O) groups is 1. The lowest BCUT2D eigenvalue weighted by molar-refractivity contribution is -0.152. The van der Waals surface area contributed by atoms with Crippen molar-refractivity contribution in [2.45, 2.75) is 19.4 Å². The molecule has 2 N–H and O–H groups in total. The number of aliphatic hydroxyl groups is 1. The molecule has 0 radical (unpaired) electrons. The third-order valence-corrected chi connectivity index (χ3v) is 2.05. The summed E-state index contributed by atoms with van der Waals surface area (Å²) in [6.07, 6.45) is 0. The van der Waals surface area contributed by atoms with Crippen LogP contribution in [0.25, 0.3) is 0 Å². The van der Waals surface area contributed by atoms with E-state index in [0.717, 1.165) is 5.56 Å². The molecule has 17 heavy (non-hydrogen) atoms. The Morgan fingerprint density at radius 1 is 1.35 bits per heavy atom. The highest BCUT2D eigenvalue weighted by atomic mass is 16.5. The molecule has 0 aromatic heterocycles. The zero-order valence-electron chi connectivity index (χ0n) is 9.73. The van der Waals surface area contributed by atoms with Crippen molar-refractivity contribution in [2.75, 3.05) is 6.61 Å². The van der Waals surface area contributed by atoms with Crippen molar-refractivity contribution in [1.29, 1.82) is 0 Å². The summed E-state index contributed by atoms with van der Waals surface area (Å²) in [7, 11) is 0. The van der Waals surface area contributed by atoms with E-state index >= 15 is 0 Å². The van der Waals surface area contributed by atoms with Crippen molar-refractivity contribution in [1.82, 2.24) is 0 Å². The zero-order valence-corrected chi connectivity index (χ0v) is 9.73. The van der Waals surface area contributed by atoms with Crippen LogP contribution in [0.2, 0.25) is 0 Å². The molecule has 0 atom stereocenters. The third kappa shape index (κ3) is 3.82. The van der Waals surface area contributed by atoms with Gasteiger partial charge in [-0.2, -0.15) is 0 Å². The fourth-order valence-corrected chi connectivity index (χ4v) is 1.09. The lowest BCUT2D eigenvalue weighted by Gasteiger charge is -2.21. The van der Waals surface area contributed by atoms with Crippen LogP contribution in [0.1, 0.15) is 19.4 Å². The van der Waals surface area contributed by atoms with Gasteiger partial charge in [0, 0.05) is 5.56 Å². The fourth-order valence-electron chi connectivity index (χ4n) is 1.09. The molecule has 0 unspecified atom stereocenters. The smallest absolute Gasteiger partial charge is 0.347 e. The molecule has 0 saturated carbocycles. The van der Waals surface area contributed by atoms with Crippen LogP contribution in [0.4, 0.5) is 0 Å². The molecule has 4 nitrogen and oxygen atoms in total. The van der Waals surface area contributed by atoms with Crippen LogP contribution < -0.4 is 4.74 Å². The van der Waals surface area contributed by atoms with Gasteiger partial charge >= 0.3 is 5.97 Å². The van der Waals surface area contributed by atoms with E-state index in [1.54, 1.807) is 24.3 Å². The number of carboxylic acid groups (broad SMARTS) is 1. The van der Waals surface area contributed by atoms with Crippen LogP contribution >= 0.6 is 0 Å². The lowest BCUT2D eigenvalue weighted by atomic mass is 10.1. The predicted molar refractivity (Wildman–Crippen MR) is 62.7 cm³/mol. The SMILES string of the molecule is CC(C)(Oc1ccc(C#CCO)cc1)C(=O)O. The first-order chi connectivity index (χ1) is 7.95. The fraction of sp³-hybridized carbons (Fsp3) is 0.308. The van der Waals surface area contributed by atoms with Gasteiger partial charge in [-0.1, -0.05) is 11.8 Å². The maximum absolute atomic E-state index is 10.9. The van der Waals surface area contributed by atoms with Gasteiger partial charge in [0.25, 0.3) is 0 Å². The van der Waals surface area contributed by atoms with Crippen LogP contribution in [-0.2, 0) is 4.79 Å². The van der Waals surface area contributed by atoms with Crippen LogP contribution in [0.3, 0.4) is 0 Å². The minimum atomic E-state index is -1.27. The lowest BCUT2D eigenvalue weighted by Crippen LogP contribution is -2.37. The Labute approximate surface area is 99.8 Å². The minimum Gasteiger partial charge on any atom is -0.478 e. The van der Waals surface area contributed by atoms with E-state index in [4.69, 9.17) is 14.9 Å². The number of carboxylic acids is 1. The van der Waals surface area contributed by atoms with Crippen molar-refractivity contribution in [3.63, 3.8) is 0 Å². The number of benzene rings is 1. The Kier molecular flexibility index (Phi) is 4.13. The predicted octanol–water partition coefficient (Wildman–Crippen LogP) is 1.27. The monoisotopic (exact) mass is 234 g/mol. The number of hydrogen-bond acceptors (Lipinski definition) is 3. The first-order valence-corrected chi connectivity index (χ1v) is 5.08. The van der Waals surface area contributed by atoms with Gasteiger partial charge in [-0.25, -0.2) is 4.79 Å². The number of rotatable bonds is 3. The summed E-state index contributed by atoms with van der Waals surface area (Å²) < 4.78 is 5.33. The Morgan fingerprint density at radius 2 is 1.94 bits per heavy atom. The van der Waals surface area contributed by atoms with Gasteiger partial charge in [-0.05, 0) is 38.1 Å². The van der Waals surface area contributed by atoms with Crippen molar-refractivity contribution in [3.05, 3.63) is 29.8 Å². The summed E-state index contributed by atoms with van der Waals surface area (Å²) in [6, 6.07) is 6.70. The largest absolute Gasteiger partial charge is 0.478 e. The zero-order chi connectivity index (χ0) is 12.9. The van der Waals surface area contributed by atoms with Crippen molar-refractivity contribution < 1.29 is 19.7 Å². The maximum atomic E-state index is 10.9. The molecule has 1 aromatic rings. The normalized spacial score (nSPS) is 10.3. The maximum Gasteiger partial charge on any atom is 0.347 e. The summed E-state index contributed by atoms with van der Waals surface area (Å²) in [5, 5.41) is 17.4. The summed E-state index contributed by atoms with van der Waals surface area (Å²) in [5.74, 6) is 4.69. The number of aliphatic carboxylic acids is 1. The molecule has 4 heteroatoms. The molecule has 90 valence electrons. The second kappa shape index (κ2) is 5.37.